The summed E-state index contributed by atoms with van der Waals surface area (Å²) in [5, 5.41) is -2.72. The lowest BCUT2D eigenvalue weighted by Gasteiger charge is -2.31. The van der Waals surface area contributed by atoms with Gasteiger partial charge in [-0.2, -0.15) is 0 Å². The molecule has 0 spiro atoms. The summed E-state index contributed by atoms with van der Waals surface area (Å²) in [4.78, 5) is 0. The first kappa shape index (κ1) is 33.5. The molecule has 0 aliphatic heterocycles. The van der Waals surface area contributed by atoms with Gasteiger partial charge in [-0.15, -0.1) is 34.8 Å². The molecule has 0 aromatic heterocycles. The van der Waals surface area contributed by atoms with Crippen molar-refractivity contribution in [2.45, 2.75) is 56.7 Å². The van der Waals surface area contributed by atoms with Crippen molar-refractivity contribution in [2.75, 3.05) is 37.5 Å². The number of alkyl halides is 6. The second-order valence-corrected chi connectivity index (χ2v) is 12.5. The summed E-state index contributed by atoms with van der Waals surface area (Å²) in [5.41, 5.74) is 0. The molecule has 29 heavy (non-hydrogen) atoms. The molecule has 0 saturated heterocycles. The number of hydrogen-bond donors (Lipinski definition) is 0. The van der Waals surface area contributed by atoms with Crippen LogP contribution in [-0.2, 0) is 27.1 Å². The summed E-state index contributed by atoms with van der Waals surface area (Å²) in [5.74, 6) is 1.23. The second kappa shape index (κ2) is 17.8. The van der Waals surface area contributed by atoms with Crippen molar-refractivity contribution in [3.63, 3.8) is 0 Å². The molecule has 0 aliphatic rings. The van der Waals surface area contributed by atoms with Gasteiger partial charge in [0.2, 0.25) is 0 Å². The van der Waals surface area contributed by atoms with Crippen molar-refractivity contribution in [2.24, 2.45) is 0 Å². The van der Waals surface area contributed by atoms with E-state index in [1.807, 2.05) is 0 Å². The Morgan fingerprint density at radius 3 is 0.931 bits per heavy atom. The molecule has 0 aliphatic carbocycles. The van der Waals surface area contributed by atoms with Crippen LogP contribution >= 0.6 is 86.8 Å². The minimum absolute atomic E-state index is 0.401. The largest absolute Gasteiger partial charge is 0.337 e. The zero-order valence-electron chi connectivity index (χ0n) is 17.4. The Kier molecular flexibility index (Phi) is 20.6. The average Bonchev–Trinajstić information content (AvgIpc) is 2.49. The molecule has 0 radical (unpaired) electrons. The van der Waals surface area contributed by atoms with Crippen LogP contribution in [0.4, 0.5) is 0 Å². The lowest BCUT2D eigenvalue weighted by atomic mass is 10.5. The Morgan fingerprint density at radius 1 is 0.517 bits per heavy atom. The van der Waals surface area contributed by atoms with Crippen molar-refractivity contribution in [1.82, 2.24) is 0 Å². The molecule has 0 unspecified atom stereocenters. The third-order valence-corrected chi connectivity index (χ3v) is 5.71. The predicted molar refractivity (Wildman–Crippen MR) is 127 cm³/mol. The Hall–Kier alpha value is 2.36. The van der Waals surface area contributed by atoms with Gasteiger partial charge in [-0.25, -0.2) is 0 Å². The molecule has 0 aromatic carbocycles. The van der Waals surface area contributed by atoms with Gasteiger partial charge in [0.1, 0.15) is 15.2 Å². The van der Waals surface area contributed by atoms with Crippen LogP contribution in [0.2, 0.25) is 0 Å². The molecule has 0 amide bonds. The summed E-state index contributed by atoms with van der Waals surface area (Å²) in [7, 11) is -3.05. The Labute approximate surface area is 207 Å². The van der Waals surface area contributed by atoms with E-state index < -0.39 is 32.4 Å². The summed E-state index contributed by atoms with van der Waals surface area (Å²) in [6, 6.07) is 0. The van der Waals surface area contributed by atoms with Crippen LogP contribution in [0.15, 0.2) is 0 Å². The van der Waals surface area contributed by atoms with Gasteiger partial charge in [0.15, 0.2) is 0 Å². The van der Waals surface area contributed by atoms with Gasteiger partial charge in [0.25, 0.3) is 0 Å². The fourth-order valence-corrected chi connectivity index (χ4v) is 4.21. The molecule has 0 saturated carbocycles. The van der Waals surface area contributed by atoms with E-state index in [-0.39, 0.29) is 0 Å². The molecule has 178 valence electrons. The van der Waals surface area contributed by atoms with E-state index in [9.17, 15) is 0 Å². The molecule has 14 heteroatoms. The van der Waals surface area contributed by atoms with E-state index in [0.29, 0.717) is 37.5 Å². The van der Waals surface area contributed by atoms with E-state index in [2.05, 4.69) is 0 Å². The second-order valence-electron chi connectivity index (χ2n) is 6.38. The van der Waals surface area contributed by atoms with Crippen molar-refractivity contribution < 1.29 is 27.1 Å². The van der Waals surface area contributed by atoms with Gasteiger partial charge in [0, 0.05) is 17.6 Å². The third kappa shape index (κ3) is 28.3. The smallest absolute Gasteiger partial charge is 0.311 e. The SMILES string of the molecule is CC(C)(Cl)OP(OC(C)(C)Cl)OC(C)(C)Cl.ClCCOP(OCCCl)OCCCl. The molecule has 0 heterocycles. The van der Waals surface area contributed by atoms with Crippen LogP contribution < -0.4 is 0 Å². The van der Waals surface area contributed by atoms with E-state index in [0.717, 1.165) is 0 Å². The molecule has 0 fully saturated rings. The van der Waals surface area contributed by atoms with Crippen LogP contribution in [0.1, 0.15) is 41.5 Å². The summed E-state index contributed by atoms with van der Waals surface area (Å²) in [6.45, 7) is 11.3. The van der Waals surface area contributed by atoms with E-state index >= 15 is 0 Å². The maximum Gasteiger partial charge on any atom is 0.337 e. The highest BCUT2D eigenvalue weighted by Gasteiger charge is 2.33. The predicted octanol–water partition coefficient (Wildman–Crippen LogP) is 8.17. The first-order valence-corrected chi connectivity index (χ1v) is 13.4. The van der Waals surface area contributed by atoms with Crippen molar-refractivity contribution in [1.29, 1.82) is 0 Å². The van der Waals surface area contributed by atoms with Crippen molar-refractivity contribution in [3.05, 3.63) is 0 Å². The number of hydrogen-bond acceptors (Lipinski definition) is 6. The first-order chi connectivity index (χ1) is 13.1. The van der Waals surface area contributed by atoms with Gasteiger partial charge in [-0.3, -0.25) is 13.6 Å². The first-order valence-electron chi connectivity index (χ1n) is 8.44. The van der Waals surface area contributed by atoms with Gasteiger partial charge in [0.05, 0.1) is 19.8 Å². The van der Waals surface area contributed by atoms with E-state index in [1.165, 1.54) is 0 Å². The molecular formula is C15H30Cl6O6P2. The highest BCUT2D eigenvalue weighted by atomic mass is 35.5. The molecule has 6 nitrogen and oxygen atoms in total. The number of halogens is 6. The molecular weight excluding hydrogens is 551 g/mol. The minimum atomic E-state index is -1.72. The van der Waals surface area contributed by atoms with Crippen LogP contribution in [0.3, 0.4) is 0 Å². The van der Waals surface area contributed by atoms with Crippen LogP contribution in [-0.4, -0.2) is 52.6 Å². The van der Waals surface area contributed by atoms with Crippen molar-refractivity contribution in [3.8, 4) is 0 Å². The van der Waals surface area contributed by atoms with Crippen LogP contribution in [0.5, 0.6) is 0 Å². The molecule has 0 rings (SSSR count). The van der Waals surface area contributed by atoms with Gasteiger partial charge < -0.3 is 13.6 Å². The maximum absolute atomic E-state index is 5.93. The minimum Gasteiger partial charge on any atom is -0.311 e. The Bertz CT molecular complexity index is 336. The highest BCUT2D eigenvalue weighted by Crippen LogP contribution is 2.52. The summed E-state index contributed by atoms with van der Waals surface area (Å²) >= 11 is 34.1. The maximum atomic E-state index is 5.93. The van der Waals surface area contributed by atoms with Crippen molar-refractivity contribution >= 4 is 86.8 Å². The van der Waals surface area contributed by atoms with Gasteiger partial charge in [-0.1, -0.05) is 34.8 Å². The quantitative estimate of drug-likeness (QED) is 0.144. The van der Waals surface area contributed by atoms with E-state index in [4.69, 9.17) is 96.7 Å². The fraction of sp³-hybridized carbons (Fsp3) is 1.00. The standard InChI is InChI=1S/C9H18Cl3O3P.C6H12Cl3O3P/c1-7(2,10)13-16(14-8(3,4)11)15-9(5,6)12;7-1-4-10-13(11-5-2-8)12-6-3-9/h1-6H3;1-6H2. The monoisotopic (exact) mass is 578 g/mol. The molecule has 0 aromatic rings. The highest BCUT2D eigenvalue weighted by molar-refractivity contribution is 7.42. The fourth-order valence-electron chi connectivity index (χ4n) is 1.03. The third-order valence-electron chi connectivity index (χ3n) is 1.70. The lowest BCUT2D eigenvalue weighted by Crippen LogP contribution is -2.23. The molecule has 0 atom stereocenters. The number of rotatable bonds is 15. The summed E-state index contributed by atoms with van der Waals surface area (Å²) < 4.78 is 31.7. The topological polar surface area (TPSA) is 55.4 Å². The zero-order valence-corrected chi connectivity index (χ0v) is 23.7. The normalized spacial score (nSPS) is 13.0. The average molecular weight is 581 g/mol. The Morgan fingerprint density at radius 2 is 0.759 bits per heavy atom. The van der Waals surface area contributed by atoms with Gasteiger partial charge in [-0.05, 0) is 41.5 Å². The van der Waals surface area contributed by atoms with Crippen LogP contribution in [0.25, 0.3) is 0 Å². The zero-order chi connectivity index (χ0) is 23.1. The molecule has 0 bridgehead atoms. The Balaban J connectivity index is 0. The van der Waals surface area contributed by atoms with Crippen LogP contribution in [0, 0.1) is 0 Å². The van der Waals surface area contributed by atoms with E-state index in [1.54, 1.807) is 41.5 Å². The summed E-state index contributed by atoms with van der Waals surface area (Å²) in [6.07, 6.45) is 0. The molecule has 0 N–H and O–H groups in total. The van der Waals surface area contributed by atoms with Gasteiger partial charge >= 0.3 is 17.2 Å². The lowest BCUT2D eigenvalue weighted by molar-refractivity contribution is 0.0572.